The monoisotopic (exact) mass is 327 g/mol. The van der Waals surface area contributed by atoms with Crippen molar-refractivity contribution in [3.05, 3.63) is 53.4 Å². The molecule has 8 heteroatoms. The van der Waals surface area contributed by atoms with Crippen LogP contribution in [0.4, 0.5) is 5.69 Å². The van der Waals surface area contributed by atoms with Crippen LogP contribution in [0.5, 0.6) is 0 Å². The van der Waals surface area contributed by atoms with Gasteiger partial charge in [-0.05, 0) is 36.4 Å². The molecule has 112 valence electrons. The molecule has 0 aliphatic heterocycles. The van der Waals surface area contributed by atoms with E-state index in [-0.39, 0.29) is 24.3 Å². The SMILES string of the molecule is Cl.NC(=NCc1ccco1)N=C(N)Nc1ccc(Cl)cc1. The molecule has 1 aromatic carbocycles. The summed E-state index contributed by atoms with van der Waals surface area (Å²) in [6.45, 7) is 0.316. The Morgan fingerprint density at radius 1 is 1.19 bits per heavy atom. The first kappa shape index (κ1) is 16.9. The molecule has 6 nitrogen and oxygen atoms in total. The zero-order chi connectivity index (χ0) is 14.4. The van der Waals surface area contributed by atoms with Gasteiger partial charge >= 0.3 is 0 Å². The predicted octanol–water partition coefficient (Wildman–Crippen LogP) is 2.60. The number of rotatable bonds is 3. The lowest BCUT2D eigenvalue weighted by molar-refractivity contribution is 0.512. The van der Waals surface area contributed by atoms with Crippen molar-refractivity contribution in [2.45, 2.75) is 6.54 Å². The molecule has 1 heterocycles. The number of nitrogens with zero attached hydrogens (tertiary/aromatic N) is 2. The van der Waals surface area contributed by atoms with Gasteiger partial charge in [-0.1, -0.05) is 11.6 Å². The second-order valence-electron chi connectivity index (χ2n) is 3.88. The van der Waals surface area contributed by atoms with E-state index >= 15 is 0 Å². The molecule has 0 saturated heterocycles. The Morgan fingerprint density at radius 3 is 2.52 bits per heavy atom. The van der Waals surface area contributed by atoms with Crippen molar-refractivity contribution in [3.8, 4) is 0 Å². The first-order valence-corrected chi connectivity index (χ1v) is 6.20. The Bertz CT molecular complexity index is 608. The van der Waals surface area contributed by atoms with E-state index in [2.05, 4.69) is 15.3 Å². The third-order valence-corrected chi connectivity index (χ3v) is 2.58. The van der Waals surface area contributed by atoms with Gasteiger partial charge in [0.2, 0.25) is 11.9 Å². The van der Waals surface area contributed by atoms with Crippen LogP contribution in [0.2, 0.25) is 5.02 Å². The molecular formula is C13H15Cl2N5O. The highest BCUT2D eigenvalue weighted by atomic mass is 35.5. The van der Waals surface area contributed by atoms with E-state index in [1.54, 1.807) is 42.7 Å². The quantitative estimate of drug-likeness (QED) is 0.595. The lowest BCUT2D eigenvalue weighted by Gasteiger charge is -2.04. The number of furan rings is 1. The summed E-state index contributed by atoms with van der Waals surface area (Å²) in [5.74, 6) is 0.917. The van der Waals surface area contributed by atoms with Crippen LogP contribution in [-0.4, -0.2) is 11.9 Å². The van der Waals surface area contributed by atoms with E-state index in [1.165, 1.54) is 0 Å². The van der Waals surface area contributed by atoms with Crippen LogP contribution < -0.4 is 16.8 Å². The van der Waals surface area contributed by atoms with E-state index in [4.69, 9.17) is 27.5 Å². The molecule has 5 N–H and O–H groups in total. The van der Waals surface area contributed by atoms with Crippen LogP contribution in [0.1, 0.15) is 5.76 Å². The van der Waals surface area contributed by atoms with Gasteiger partial charge in [0.25, 0.3) is 0 Å². The highest BCUT2D eigenvalue weighted by Crippen LogP contribution is 2.12. The fourth-order valence-corrected chi connectivity index (χ4v) is 1.56. The average Bonchev–Trinajstić information content (AvgIpc) is 2.92. The van der Waals surface area contributed by atoms with Gasteiger partial charge in [0.1, 0.15) is 12.3 Å². The van der Waals surface area contributed by atoms with Gasteiger partial charge in [0, 0.05) is 10.7 Å². The fraction of sp³-hybridized carbons (Fsp3) is 0.0769. The maximum atomic E-state index is 5.79. The molecule has 1 aromatic heterocycles. The molecule has 0 unspecified atom stereocenters. The molecule has 0 radical (unpaired) electrons. The van der Waals surface area contributed by atoms with E-state index in [0.717, 1.165) is 5.69 Å². The molecule has 0 atom stereocenters. The minimum Gasteiger partial charge on any atom is -0.467 e. The summed E-state index contributed by atoms with van der Waals surface area (Å²) in [7, 11) is 0. The number of benzene rings is 1. The molecule has 0 aliphatic carbocycles. The third kappa shape index (κ3) is 5.76. The van der Waals surface area contributed by atoms with E-state index < -0.39 is 0 Å². The normalized spacial score (nSPS) is 11.9. The number of halogens is 2. The minimum absolute atomic E-state index is 0. The van der Waals surface area contributed by atoms with Crippen molar-refractivity contribution >= 4 is 41.6 Å². The fourth-order valence-electron chi connectivity index (χ4n) is 1.43. The standard InChI is InChI=1S/C13H14ClN5O.ClH/c14-9-3-5-10(6-4-9)18-13(16)19-12(15)17-8-11-2-1-7-20-11;/h1-7H,8H2,(H5,15,16,17,18,19);1H. The Kier molecular flexibility index (Phi) is 6.58. The van der Waals surface area contributed by atoms with Gasteiger partial charge in [0.15, 0.2) is 0 Å². The summed E-state index contributed by atoms with van der Waals surface area (Å²) in [6.07, 6.45) is 1.57. The molecule has 2 rings (SSSR count). The van der Waals surface area contributed by atoms with E-state index in [1.807, 2.05) is 0 Å². The summed E-state index contributed by atoms with van der Waals surface area (Å²) in [6, 6.07) is 10.6. The number of hydrogen-bond acceptors (Lipinski definition) is 2. The van der Waals surface area contributed by atoms with Crippen LogP contribution in [-0.2, 0) is 6.54 Å². The summed E-state index contributed by atoms with van der Waals surface area (Å²) >= 11 is 5.79. The number of guanidine groups is 2. The number of aliphatic imine (C=N–C) groups is 2. The molecule has 0 fully saturated rings. The molecule has 0 saturated carbocycles. The third-order valence-electron chi connectivity index (χ3n) is 2.33. The Balaban J connectivity index is 0.00000220. The topological polar surface area (TPSA) is 102 Å². The number of hydrogen-bond donors (Lipinski definition) is 3. The van der Waals surface area contributed by atoms with E-state index in [9.17, 15) is 0 Å². The largest absolute Gasteiger partial charge is 0.467 e. The van der Waals surface area contributed by atoms with Gasteiger partial charge < -0.3 is 21.2 Å². The molecule has 0 bridgehead atoms. The Hall–Kier alpha value is -2.18. The zero-order valence-electron chi connectivity index (χ0n) is 11.0. The van der Waals surface area contributed by atoms with Gasteiger partial charge in [-0.15, -0.1) is 12.4 Å². The van der Waals surface area contributed by atoms with Gasteiger partial charge in [-0.2, -0.15) is 4.99 Å². The number of nitrogens with one attached hydrogen (secondary N) is 1. The Labute approximate surface area is 133 Å². The first-order chi connectivity index (χ1) is 9.63. The van der Waals surface area contributed by atoms with Crippen LogP contribution in [0.15, 0.2) is 57.1 Å². The zero-order valence-corrected chi connectivity index (χ0v) is 12.6. The van der Waals surface area contributed by atoms with Gasteiger partial charge in [-0.3, -0.25) is 0 Å². The van der Waals surface area contributed by atoms with Crippen LogP contribution in [0, 0.1) is 0 Å². The lowest BCUT2D eigenvalue weighted by atomic mass is 10.3. The average molecular weight is 328 g/mol. The minimum atomic E-state index is 0. The molecule has 0 spiro atoms. The molecule has 0 aliphatic rings. The summed E-state index contributed by atoms with van der Waals surface area (Å²) in [5.41, 5.74) is 12.1. The smallest absolute Gasteiger partial charge is 0.219 e. The molecule has 2 aromatic rings. The molecule has 0 amide bonds. The van der Waals surface area contributed by atoms with Crippen molar-refractivity contribution in [2.75, 3.05) is 5.32 Å². The number of nitrogens with two attached hydrogens (primary N) is 2. The maximum Gasteiger partial charge on any atom is 0.219 e. The highest BCUT2D eigenvalue weighted by molar-refractivity contribution is 6.30. The predicted molar refractivity (Wildman–Crippen MR) is 88.0 cm³/mol. The van der Waals surface area contributed by atoms with Crippen molar-refractivity contribution in [2.24, 2.45) is 21.5 Å². The second kappa shape index (κ2) is 8.18. The van der Waals surface area contributed by atoms with Crippen molar-refractivity contribution in [3.63, 3.8) is 0 Å². The second-order valence-corrected chi connectivity index (χ2v) is 4.32. The summed E-state index contributed by atoms with van der Waals surface area (Å²) in [4.78, 5) is 7.96. The molecule has 21 heavy (non-hydrogen) atoms. The van der Waals surface area contributed by atoms with Crippen molar-refractivity contribution in [1.82, 2.24) is 0 Å². The summed E-state index contributed by atoms with van der Waals surface area (Å²) in [5, 5.41) is 3.52. The maximum absolute atomic E-state index is 5.79. The lowest BCUT2D eigenvalue weighted by Crippen LogP contribution is -2.26. The van der Waals surface area contributed by atoms with E-state index in [0.29, 0.717) is 17.3 Å². The van der Waals surface area contributed by atoms with Crippen molar-refractivity contribution in [1.29, 1.82) is 0 Å². The Morgan fingerprint density at radius 2 is 1.90 bits per heavy atom. The van der Waals surface area contributed by atoms with Gasteiger partial charge in [0.05, 0.1) is 6.26 Å². The summed E-state index contributed by atoms with van der Waals surface area (Å²) < 4.78 is 5.13. The van der Waals surface area contributed by atoms with Gasteiger partial charge in [-0.25, -0.2) is 4.99 Å². The first-order valence-electron chi connectivity index (χ1n) is 5.82. The van der Waals surface area contributed by atoms with Crippen LogP contribution in [0.3, 0.4) is 0 Å². The molecular weight excluding hydrogens is 313 g/mol. The van der Waals surface area contributed by atoms with Crippen molar-refractivity contribution < 1.29 is 4.42 Å². The number of anilines is 1. The van der Waals surface area contributed by atoms with Crippen LogP contribution >= 0.6 is 24.0 Å². The highest BCUT2D eigenvalue weighted by Gasteiger charge is 1.98. The van der Waals surface area contributed by atoms with Crippen LogP contribution in [0.25, 0.3) is 0 Å².